The van der Waals surface area contributed by atoms with Crippen LogP contribution < -0.4 is 4.87 Å². The lowest BCUT2D eigenvalue weighted by molar-refractivity contribution is -0.149. The van der Waals surface area contributed by atoms with Crippen LogP contribution >= 0.6 is 39.0 Å². The van der Waals surface area contributed by atoms with E-state index < -0.39 is 24.3 Å². The fraction of sp³-hybridized carbons (Fsp3) is 0.429. The number of likely N-dealkylation sites (tertiary alicyclic amines) is 1. The molecule has 2 N–H and O–H groups in total. The van der Waals surface area contributed by atoms with Crippen LogP contribution in [0.4, 0.5) is 0 Å². The number of benzene rings is 1. The minimum atomic E-state index is -1.17. The summed E-state index contributed by atoms with van der Waals surface area (Å²) >= 11 is 6.33. The Kier molecular flexibility index (Phi) is 4.33. The van der Waals surface area contributed by atoms with Crippen molar-refractivity contribution >= 4 is 56.8 Å². The van der Waals surface area contributed by atoms with Gasteiger partial charge >= 0.3 is 10.8 Å². The average molecular weight is 521 g/mol. The van der Waals surface area contributed by atoms with E-state index in [1.165, 1.54) is 11.3 Å². The molecule has 1 aromatic heterocycles. The second-order valence-corrected chi connectivity index (χ2v) is 11.8. The molecule has 0 spiro atoms. The Bertz CT molecular complexity index is 1190. The standard InChI is InChI=1S/C21H17BrN2O5S2/c22-8-3-1-7(2-4-8)12-13-9-5-10(16(13)30-18-17(12)31-21(29)23-18)15-14(9)19(27)24(20(15)28)6-11(25)26/h1-4,9-10,12-16H,5-6H2,(H,23,29)(H,25,26). The number of thioether (sulfide) groups is 1. The fourth-order valence-corrected chi connectivity index (χ4v) is 9.57. The molecule has 0 radical (unpaired) electrons. The summed E-state index contributed by atoms with van der Waals surface area (Å²) in [4.78, 5) is 54.4. The number of amides is 2. The van der Waals surface area contributed by atoms with Crippen LogP contribution in [0.25, 0.3) is 0 Å². The first-order chi connectivity index (χ1) is 14.8. The quantitative estimate of drug-likeness (QED) is 0.602. The average Bonchev–Trinajstić information content (AvgIpc) is 3.44. The van der Waals surface area contributed by atoms with Crippen LogP contribution in [0.5, 0.6) is 0 Å². The Labute approximate surface area is 193 Å². The van der Waals surface area contributed by atoms with Gasteiger partial charge in [-0.3, -0.25) is 24.1 Å². The first-order valence-corrected chi connectivity index (χ1v) is 12.6. The first kappa shape index (κ1) is 19.8. The Morgan fingerprint density at radius 2 is 1.81 bits per heavy atom. The molecule has 7 atom stereocenters. The van der Waals surface area contributed by atoms with Crippen LogP contribution in [0, 0.1) is 29.6 Å². The maximum Gasteiger partial charge on any atom is 0.323 e. The van der Waals surface area contributed by atoms with Gasteiger partial charge in [0, 0.05) is 20.5 Å². The van der Waals surface area contributed by atoms with Gasteiger partial charge in [-0.25, -0.2) is 0 Å². The molecule has 3 fully saturated rings. The van der Waals surface area contributed by atoms with Crippen molar-refractivity contribution < 1.29 is 19.5 Å². The predicted octanol–water partition coefficient (Wildman–Crippen LogP) is 2.76. The number of halogens is 1. The number of rotatable bonds is 3. The number of hydrogen-bond acceptors (Lipinski definition) is 6. The largest absolute Gasteiger partial charge is 0.480 e. The summed E-state index contributed by atoms with van der Waals surface area (Å²) in [7, 11) is 0. The van der Waals surface area contributed by atoms with Gasteiger partial charge in [-0.15, -0.1) is 11.8 Å². The molecule has 2 saturated carbocycles. The molecule has 2 amide bonds. The molecular weight excluding hydrogens is 504 g/mol. The minimum absolute atomic E-state index is 0.00161. The number of aliphatic carboxylic acids is 1. The van der Waals surface area contributed by atoms with Gasteiger partial charge in [-0.05, 0) is 41.9 Å². The molecule has 2 aliphatic carbocycles. The molecule has 2 aliphatic heterocycles. The molecule has 2 aromatic rings. The second-order valence-electron chi connectivity index (χ2n) is 8.67. The van der Waals surface area contributed by atoms with Gasteiger partial charge in [0.1, 0.15) is 6.54 Å². The van der Waals surface area contributed by atoms with Crippen molar-refractivity contribution in [3.8, 4) is 0 Å². The molecule has 6 rings (SSSR count). The Hall–Kier alpha value is -1.91. The number of fused-ring (bicyclic) bond motifs is 9. The molecular formula is C21H17BrN2O5S2. The van der Waals surface area contributed by atoms with Crippen LogP contribution in [0.15, 0.2) is 38.6 Å². The Balaban J connectivity index is 1.45. The number of H-pyrrole nitrogens is 1. The molecule has 10 heteroatoms. The molecule has 31 heavy (non-hydrogen) atoms. The number of carbonyl (C=O) groups excluding carboxylic acids is 2. The van der Waals surface area contributed by atoms with Crippen molar-refractivity contribution in [3.63, 3.8) is 0 Å². The third kappa shape index (κ3) is 2.70. The number of nitrogens with one attached hydrogen (secondary N) is 1. The summed E-state index contributed by atoms with van der Waals surface area (Å²) in [6.45, 7) is -0.566. The van der Waals surface area contributed by atoms with Crippen molar-refractivity contribution in [2.45, 2.75) is 22.6 Å². The van der Waals surface area contributed by atoms with Crippen LogP contribution in [-0.4, -0.2) is 44.6 Å². The van der Waals surface area contributed by atoms with Gasteiger partial charge in [0.25, 0.3) is 0 Å². The molecule has 4 aliphatic rings. The molecule has 3 heterocycles. The highest BCUT2D eigenvalue weighted by Gasteiger charge is 2.69. The second kappa shape index (κ2) is 6.79. The summed E-state index contributed by atoms with van der Waals surface area (Å²) in [5.74, 6) is -2.63. The molecule has 7 nitrogen and oxygen atoms in total. The minimum Gasteiger partial charge on any atom is -0.480 e. The predicted molar refractivity (Wildman–Crippen MR) is 117 cm³/mol. The number of imide groups is 1. The lowest BCUT2D eigenvalue weighted by Crippen LogP contribution is -2.42. The third-order valence-electron chi connectivity index (χ3n) is 7.34. The van der Waals surface area contributed by atoms with Crippen molar-refractivity contribution in [1.29, 1.82) is 0 Å². The van der Waals surface area contributed by atoms with E-state index in [-0.39, 0.29) is 45.6 Å². The highest BCUT2D eigenvalue weighted by Crippen LogP contribution is 2.68. The SMILES string of the molecule is O=C(O)CN1C(=O)C2C3CC(C2C1=O)C1C(c2ccc(Br)cc2)c2sc(=O)[nH]c2SC31. The molecule has 160 valence electrons. The summed E-state index contributed by atoms with van der Waals surface area (Å²) in [5, 5.41) is 10.1. The first-order valence-electron chi connectivity index (χ1n) is 10.1. The zero-order valence-electron chi connectivity index (χ0n) is 16.0. The lowest BCUT2D eigenvalue weighted by Gasteiger charge is -2.43. The summed E-state index contributed by atoms with van der Waals surface area (Å²) in [6, 6.07) is 8.07. The maximum atomic E-state index is 13.1. The van der Waals surface area contributed by atoms with Gasteiger partial charge in [0.15, 0.2) is 0 Å². The molecule has 1 aromatic carbocycles. The highest BCUT2D eigenvalue weighted by atomic mass is 79.9. The van der Waals surface area contributed by atoms with E-state index in [0.717, 1.165) is 31.3 Å². The summed E-state index contributed by atoms with van der Waals surface area (Å²) < 4.78 is 0.967. The zero-order valence-corrected chi connectivity index (χ0v) is 19.2. The number of nitrogens with zero attached hydrogens (tertiary/aromatic N) is 1. The number of aromatic amines is 1. The third-order valence-corrected chi connectivity index (χ3v) is 10.5. The van der Waals surface area contributed by atoms with E-state index >= 15 is 0 Å². The summed E-state index contributed by atoms with van der Waals surface area (Å²) in [5.41, 5.74) is 1.10. The van der Waals surface area contributed by atoms with Gasteiger partial charge in [-0.2, -0.15) is 0 Å². The van der Waals surface area contributed by atoms with Crippen LogP contribution in [0.3, 0.4) is 0 Å². The van der Waals surface area contributed by atoms with Crippen LogP contribution in [0.1, 0.15) is 22.8 Å². The topological polar surface area (TPSA) is 108 Å². The van der Waals surface area contributed by atoms with Crippen molar-refractivity contribution in [1.82, 2.24) is 9.88 Å². The Morgan fingerprint density at radius 1 is 1.13 bits per heavy atom. The number of thiazole rings is 1. The number of carbonyl (C=O) groups is 3. The Morgan fingerprint density at radius 3 is 2.48 bits per heavy atom. The monoisotopic (exact) mass is 520 g/mol. The molecule has 2 bridgehead atoms. The van der Waals surface area contributed by atoms with Crippen molar-refractivity contribution in [3.05, 3.63) is 48.8 Å². The van der Waals surface area contributed by atoms with E-state index in [4.69, 9.17) is 5.11 Å². The molecule has 1 saturated heterocycles. The lowest BCUT2D eigenvalue weighted by atomic mass is 9.68. The van der Waals surface area contributed by atoms with Gasteiger partial charge in [0.2, 0.25) is 11.8 Å². The smallest absolute Gasteiger partial charge is 0.323 e. The van der Waals surface area contributed by atoms with E-state index in [1.807, 2.05) is 12.1 Å². The highest BCUT2D eigenvalue weighted by molar-refractivity contribution is 9.10. The molecule has 7 unspecified atom stereocenters. The fourth-order valence-electron chi connectivity index (χ4n) is 6.41. The zero-order chi connectivity index (χ0) is 21.6. The van der Waals surface area contributed by atoms with E-state index in [1.54, 1.807) is 11.8 Å². The van der Waals surface area contributed by atoms with E-state index in [9.17, 15) is 19.2 Å². The van der Waals surface area contributed by atoms with E-state index in [0.29, 0.717) is 0 Å². The number of hydrogen-bond donors (Lipinski definition) is 2. The van der Waals surface area contributed by atoms with Gasteiger partial charge in [0.05, 0.1) is 16.9 Å². The van der Waals surface area contributed by atoms with Crippen molar-refractivity contribution in [2.24, 2.45) is 29.6 Å². The number of carboxylic acids is 1. The number of carboxylic acid groups (broad SMARTS) is 1. The maximum absolute atomic E-state index is 13.1. The number of aromatic nitrogens is 1. The van der Waals surface area contributed by atoms with Crippen LogP contribution in [0.2, 0.25) is 0 Å². The van der Waals surface area contributed by atoms with Crippen LogP contribution in [-0.2, 0) is 14.4 Å². The summed E-state index contributed by atoms with van der Waals surface area (Å²) in [6.07, 6.45) is 0.794. The normalized spacial score (nSPS) is 35.3. The van der Waals surface area contributed by atoms with Gasteiger partial charge < -0.3 is 10.1 Å². The van der Waals surface area contributed by atoms with Crippen molar-refractivity contribution in [2.75, 3.05) is 6.54 Å². The van der Waals surface area contributed by atoms with E-state index in [2.05, 4.69) is 33.0 Å². The van der Waals surface area contributed by atoms with Gasteiger partial charge in [-0.1, -0.05) is 39.4 Å².